The van der Waals surface area contributed by atoms with Crippen molar-refractivity contribution in [2.45, 2.75) is 37.3 Å². The van der Waals surface area contributed by atoms with Crippen LogP contribution in [0.5, 0.6) is 0 Å². The molecule has 0 radical (unpaired) electrons. The lowest BCUT2D eigenvalue weighted by Crippen LogP contribution is -2.37. The molecule has 2 aromatic rings. The third-order valence-electron chi connectivity index (χ3n) is 5.97. The lowest BCUT2D eigenvalue weighted by molar-refractivity contribution is -0.138. The van der Waals surface area contributed by atoms with Crippen LogP contribution in [0.1, 0.15) is 30.0 Å². The van der Waals surface area contributed by atoms with Crippen LogP contribution in [0.4, 0.5) is 18.9 Å². The molecule has 180 valence electrons. The fourth-order valence-corrected chi connectivity index (χ4v) is 5.62. The molecule has 0 heterocycles. The molecule has 6 nitrogen and oxygen atoms in total. The molecule has 0 bridgehead atoms. The minimum atomic E-state index is -4.41. The minimum Gasteiger partial charge on any atom is -0.481 e. The Hall–Kier alpha value is -2.59. The molecular weight excluding hydrogens is 457 g/mol. The number of carboxylic acid groups (broad SMARTS) is 1. The topological polar surface area (TPSA) is 77.9 Å². The van der Waals surface area contributed by atoms with Crippen molar-refractivity contribution in [2.24, 2.45) is 5.92 Å². The van der Waals surface area contributed by atoms with Crippen molar-refractivity contribution in [1.29, 1.82) is 0 Å². The number of aliphatic carboxylic acids is 1. The van der Waals surface area contributed by atoms with E-state index in [9.17, 15) is 26.4 Å². The molecular formula is C23H27F3N2O4S. The van der Waals surface area contributed by atoms with Crippen LogP contribution in [0.25, 0.3) is 0 Å². The number of carbonyl (C=O) groups is 1. The number of halogens is 3. The number of benzene rings is 2. The number of anilines is 1. The SMILES string of the molecule is CCN(CCN(C)c1ccc(C(F)(F)F)cc1)S(=O)(=O)c1ccc2c(c1)CC(CC(=O)O)C2. The maximum absolute atomic E-state index is 13.2. The predicted molar refractivity (Wildman–Crippen MR) is 119 cm³/mol. The molecule has 1 N–H and O–H groups in total. The van der Waals surface area contributed by atoms with Gasteiger partial charge in [-0.1, -0.05) is 13.0 Å². The van der Waals surface area contributed by atoms with E-state index in [-0.39, 0.29) is 30.3 Å². The van der Waals surface area contributed by atoms with Gasteiger partial charge in [-0.15, -0.1) is 0 Å². The molecule has 0 saturated carbocycles. The zero-order chi connectivity index (χ0) is 24.4. The van der Waals surface area contributed by atoms with E-state index in [0.29, 0.717) is 25.1 Å². The summed E-state index contributed by atoms with van der Waals surface area (Å²) in [7, 11) is -2.08. The molecule has 0 spiro atoms. The molecule has 0 fully saturated rings. The quantitative estimate of drug-likeness (QED) is 0.581. The van der Waals surface area contributed by atoms with Gasteiger partial charge in [0, 0.05) is 38.8 Å². The van der Waals surface area contributed by atoms with E-state index in [2.05, 4.69) is 0 Å². The van der Waals surface area contributed by atoms with Gasteiger partial charge < -0.3 is 10.0 Å². The second-order valence-electron chi connectivity index (χ2n) is 8.27. The van der Waals surface area contributed by atoms with Crippen molar-refractivity contribution < 1.29 is 31.5 Å². The zero-order valence-corrected chi connectivity index (χ0v) is 19.3. The standard InChI is InChI=1S/C23H27F3N2O4S/c1-3-28(11-10-27(2)20-7-5-19(6-8-20)23(24,25)26)33(31,32)21-9-4-17-12-16(14-22(29)30)13-18(17)15-21/h4-9,15-16H,3,10-14H2,1-2H3,(H,29,30). The second kappa shape index (κ2) is 9.72. The number of hydrogen-bond acceptors (Lipinski definition) is 4. The number of fused-ring (bicyclic) bond motifs is 1. The summed E-state index contributed by atoms with van der Waals surface area (Å²) < 4.78 is 66.0. The number of nitrogens with zero attached hydrogens (tertiary/aromatic N) is 2. The number of rotatable bonds is 9. The van der Waals surface area contributed by atoms with Gasteiger partial charge in [-0.3, -0.25) is 4.79 Å². The molecule has 3 rings (SSSR count). The summed E-state index contributed by atoms with van der Waals surface area (Å²) in [6, 6.07) is 9.68. The smallest absolute Gasteiger partial charge is 0.416 e. The van der Waals surface area contributed by atoms with Gasteiger partial charge in [0.1, 0.15) is 0 Å². The Balaban J connectivity index is 1.68. The molecule has 1 atom stereocenters. The van der Waals surface area contributed by atoms with E-state index in [1.165, 1.54) is 16.4 Å². The maximum atomic E-state index is 13.2. The largest absolute Gasteiger partial charge is 0.481 e. The lowest BCUT2D eigenvalue weighted by Gasteiger charge is -2.25. The highest BCUT2D eigenvalue weighted by Crippen LogP contribution is 2.32. The van der Waals surface area contributed by atoms with Crippen molar-refractivity contribution in [3.05, 3.63) is 59.2 Å². The number of carboxylic acids is 1. The summed E-state index contributed by atoms with van der Waals surface area (Å²) in [4.78, 5) is 12.9. The maximum Gasteiger partial charge on any atom is 0.416 e. The Morgan fingerprint density at radius 3 is 2.27 bits per heavy atom. The highest BCUT2D eigenvalue weighted by molar-refractivity contribution is 7.89. The zero-order valence-electron chi connectivity index (χ0n) is 18.5. The Kier molecular flexibility index (Phi) is 7.38. The van der Waals surface area contributed by atoms with Gasteiger partial charge in [-0.05, 0) is 66.3 Å². The summed E-state index contributed by atoms with van der Waals surface area (Å²) in [5.74, 6) is -0.898. The summed E-state index contributed by atoms with van der Waals surface area (Å²) in [5.41, 5.74) is 1.66. The Labute approximate surface area is 191 Å². The van der Waals surface area contributed by atoms with E-state index in [1.54, 1.807) is 37.1 Å². The van der Waals surface area contributed by atoms with Gasteiger partial charge in [0.15, 0.2) is 0 Å². The van der Waals surface area contributed by atoms with Crippen LogP contribution < -0.4 is 4.90 Å². The van der Waals surface area contributed by atoms with Crippen LogP contribution in [0.15, 0.2) is 47.4 Å². The third-order valence-corrected chi connectivity index (χ3v) is 7.94. The van der Waals surface area contributed by atoms with Crippen molar-refractivity contribution >= 4 is 21.7 Å². The van der Waals surface area contributed by atoms with E-state index >= 15 is 0 Å². The first-order valence-electron chi connectivity index (χ1n) is 10.6. The summed E-state index contributed by atoms with van der Waals surface area (Å²) in [6.45, 7) is 2.42. The third kappa shape index (κ3) is 5.86. The number of sulfonamides is 1. The Morgan fingerprint density at radius 2 is 1.70 bits per heavy atom. The van der Waals surface area contributed by atoms with Crippen LogP contribution in [0.3, 0.4) is 0 Å². The fraction of sp³-hybridized carbons (Fsp3) is 0.435. The van der Waals surface area contributed by atoms with Gasteiger partial charge in [0.25, 0.3) is 0 Å². The second-order valence-corrected chi connectivity index (χ2v) is 10.2. The molecule has 1 aliphatic carbocycles. The number of alkyl halides is 3. The van der Waals surface area contributed by atoms with E-state index in [1.807, 2.05) is 0 Å². The van der Waals surface area contributed by atoms with Gasteiger partial charge in [0.2, 0.25) is 10.0 Å². The van der Waals surface area contributed by atoms with Gasteiger partial charge >= 0.3 is 12.1 Å². The molecule has 0 amide bonds. The number of hydrogen-bond donors (Lipinski definition) is 1. The normalized spacial score (nSPS) is 16.1. The van der Waals surface area contributed by atoms with Crippen molar-refractivity contribution in [1.82, 2.24) is 4.31 Å². The Morgan fingerprint density at radius 1 is 1.06 bits per heavy atom. The first kappa shape index (κ1) is 25.0. The van der Waals surface area contributed by atoms with Crippen LogP contribution >= 0.6 is 0 Å². The first-order chi connectivity index (χ1) is 15.4. The minimum absolute atomic E-state index is 0.0323. The predicted octanol–water partition coefficient (Wildman–Crippen LogP) is 4.04. The van der Waals surface area contributed by atoms with E-state index < -0.39 is 27.7 Å². The molecule has 10 heteroatoms. The molecule has 33 heavy (non-hydrogen) atoms. The molecule has 0 aromatic heterocycles. The summed E-state index contributed by atoms with van der Waals surface area (Å²) >= 11 is 0. The summed E-state index contributed by atoms with van der Waals surface area (Å²) in [6.07, 6.45) is -3.20. The molecule has 2 aromatic carbocycles. The van der Waals surface area contributed by atoms with Crippen LogP contribution in [0.2, 0.25) is 0 Å². The van der Waals surface area contributed by atoms with Crippen LogP contribution in [0, 0.1) is 5.92 Å². The van der Waals surface area contributed by atoms with Gasteiger partial charge in [-0.2, -0.15) is 17.5 Å². The monoisotopic (exact) mass is 484 g/mol. The molecule has 0 saturated heterocycles. The molecule has 0 aliphatic heterocycles. The van der Waals surface area contributed by atoms with Crippen molar-refractivity contribution in [2.75, 3.05) is 31.6 Å². The van der Waals surface area contributed by atoms with Crippen LogP contribution in [-0.2, 0) is 33.8 Å². The van der Waals surface area contributed by atoms with E-state index in [0.717, 1.165) is 23.3 Å². The highest BCUT2D eigenvalue weighted by Gasteiger charge is 2.30. The summed E-state index contributed by atoms with van der Waals surface area (Å²) in [5, 5.41) is 9.02. The average Bonchev–Trinajstić information content (AvgIpc) is 3.14. The Bertz CT molecular complexity index is 1100. The fourth-order valence-electron chi connectivity index (χ4n) is 4.13. The molecule has 1 unspecified atom stereocenters. The van der Waals surface area contributed by atoms with E-state index in [4.69, 9.17) is 5.11 Å². The van der Waals surface area contributed by atoms with Gasteiger partial charge in [0.05, 0.1) is 10.5 Å². The highest BCUT2D eigenvalue weighted by atomic mass is 32.2. The van der Waals surface area contributed by atoms with Gasteiger partial charge in [-0.25, -0.2) is 8.42 Å². The number of likely N-dealkylation sites (N-methyl/N-ethyl adjacent to an activating group) is 2. The lowest BCUT2D eigenvalue weighted by atomic mass is 10.0. The van der Waals surface area contributed by atoms with Crippen molar-refractivity contribution in [3.8, 4) is 0 Å². The van der Waals surface area contributed by atoms with Crippen LogP contribution in [-0.4, -0.2) is 50.5 Å². The molecule has 1 aliphatic rings. The van der Waals surface area contributed by atoms with Crippen molar-refractivity contribution in [3.63, 3.8) is 0 Å². The average molecular weight is 485 g/mol. The first-order valence-corrected chi connectivity index (χ1v) is 12.1.